The van der Waals surface area contributed by atoms with Gasteiger partial charge in [-0.3, -0.25) is 0 Å². The average molecular weight is 602 g/mol. The van der Waals surface area contributed by atoms with Gasteiger partial charge in [0.05, 0.1) is 0 Å². The fourth-order valence-electron chi connectivity index (χ4n) is 3.07. The quantitative estimate of drug-likeness (QED) is 0.238. The Kier molecular flexibility index (Phi) is 7.35. The molecule has 0 aromatic heterocycles. The van der Waals surface area contributed by atoms with Crippen molar-refractivity contribution in [2.45, 2.75) is 47.6 Å². The molecule has 19 heteroatoms. The molecule has 0 aliphatic rings. The third kappa shape index (κ3) is 4.36. The fraction of sp³-hybridized carbons (Fsp3) is 0.400. The van der Waals surface area contributed by atoms with Gasteiger partial charge >= 0.3 is 47.6 Å². The molecule has 2 aromatic rings. The van der Waals surface area contributed by atoms with Crippen molar-refractivity contribution in [2.24, 2.45) is 0 Å². The van der Waals surface area contributed by atoms with Crippen molar-refractivity contribution < 1.29 is 74.6 Å². The van der Waals surface area contributed by atoms with Gasteiger partial charge in [-0.1, -0.05) is 18.2 Å². The number of nitrogens with two attached hydrogens (primary N) is 2. The summed E-state index contributed by atoms with van der Waals surface area (Å²) in [4.78, 5) is 0. The molecule has 0 aliphatic heterocycles. The Morgan fingerprint density at radius 2 is 0.769 bits per heavy atom. The smallest absolute Gasteiger partial charge is 0.399 e. The van der Waals surface area contributed by atoms with E-state index < -0.39 is 70.0 Å². The van der Waals surface area contributed by atoms with E-state index in [9.17, 15) is 74.6 Å². The molecule has 0 radical (unpaired) electrons. The molecule has 0 aliphatic carbocycles. The van der Waals surface area contributed by atoms with Gasteiger partial charge in [0, 0.05) is 16.9 Å². The second-order valence-electron chi connectivity index (χ2n) is 7.95. The van der Waals surface area contributed by atoms with Crippen LogP contribution >= 0.6 is 0 Å². The predicted octanol–water partition coefficient (Wildman–Crippen LogP) is 7.98. The van der Waals surface area contributed by atoms with Crippen LogP contribution < -0.4 is 11.5 Å². The van der Waals surface area contributed by atoms with Gasteiger partial charge in [0.1, 0.15) is 0 Å². The summed E-state index contributed by atoms with van der Waals surface area (Å²) < 4.78 is 232. The maximum absolute atomic E-state index is 14.9. The SMILES string of the molecule is Nc1ccc(-c2ccc(N)cc2C(F)(F)C(F)(F)C(F)(F)C(F)(F)C(F)(F)C(F)(F)C(F)(F)C(F)(F)F)cc1. The molecule has 0 bridgehead atoms. The lowest BCUT2D eigenvalue weighted by Gasteiger charge is -2.43. The van der Waals surface area contributed by atoms with Crippen molar-refractivity contribution in [1.29, 1.82) is 0 Å². The monoisotopic (exact) mass is 602 g/mol. The standard InChI is InChI=1S/C20H11F17N2/c21-13(22,12-7-10(39)5-6-11(12)8-1-3-9(38)4-2-8)14(23,24)15(25,26)16(27,28)17(29,30)18(31,32)19(33,34)20(35,36)37/h1-7H,38-39H2. The number of hydrogen-bond donors (Lipinski definition) is 2. The van der Waals surface area contributed by atoms with Gasteiger partial charge in [-0.15, -0.1) is 0 Å². The first-order valence-corrected chi connectivity index (χ1v) is 9.60. The lowest BCUT2D eigenvalue weighted by atomic mass is 9.85. The van der Waals surface area contributed by atoms with Crippen molar-refractivity contribution in [3.8, 4) is 11.1 Å². The Balaban J connectivity index is 2.78. The molecule has 0 atom stereocenters. The van der Waals surface area contributed by atoms with E-state index in [1.54, 1.807) is 0 Å². The summed E-state index contributed by atoms with van der Waals surface area (Å²) in [5, 5.41) is 0. The molecule has 39 heavy (non-hydrogen) atoms. The second-order valence-corrected chi connectivity index (χ2v) is 7.95. The van der Waals surface area contributed by atoms with E-state index in [4.69, 9.17) is 11.5 Å². The first-order valence-electron chi connectivity index (χ1n) is 9.60. The van der Waals surface area contributed by atoms with E-state index in [0.717, 1.165) is 24.3 Å². The zero-order valence-electron chi connectivity index (χ0n) is 18.1. The summed E-state index contributed by atoms with van der Waals surface area (Å²) >= 11 is 0. The zero-order chi connectivity index (χ0) is 30.8. The van der Waals surface area contributed by atoms with Crippen LogP contribution in [0.5, 0.6) is 0 Å². The van der Waals surface area contributed by atoms with Gasteiger partial charge in [-0.2, -0.15) is 74.6 Å². The maximum Gasteiger partial charge on any atom is 0.460 e. The maximum atomic E-state index is 14.9. The minimum Gasteiger partial charge on any atom is -0.399 e. The highest BCUT2D eigenvalue weighted by atomic mass is 19.4. The highest BCUT2D eigenvalue weighted by molar-refractivity contribution is 5.72. The molecule has 0 fully saturated rings. The van der Waals surface area contributed by atoms with E-state index in [0.29, 0.717) is 12.1 Å². The molecule has 0 spiro atoms. The van der Waals surface area contributed by atoms with Gasteiger partial charge in [0.25, 0.3) is 0 Å². The number of alkyl halides is 17. The van der Waals surface area contributed by atoms with E-state index >= 15 is 0 Å². The number of rotatable bonds is 8. The summed E-state index contributed by atoms with van der Waals surface area (Å²) in [7, 11) is 0. The van der Waals surface area contributed by atoms with Crippen LogP contribution in [0.1, 0.15) is 5.56 Å². The highest BCUT2D eigenvalue weighted by Gasteiger charge is 2.95. The minimum atomic E-state index is -8.70. The lowest BCUT2D eigenvalue weighted by molar-refractivity contribution is -0.462. The minimum absolute atomic E-state index is 0.0715. The first kappa shape index (κ1) is 32.1. The van der Waals surface area contributed by atoms with Crippen LogP contribution in [0.4, 0.5) is 86.0 Å². The summed E-state index contributed by atoms with van der Waals surface area (Å²) in [5.41, 5.74) is 5.34. The molecule has 0 saturated heterocycles. The molecule has 220 valence electrons. The van der Waals surface area contributed by atoms with Gasteiger partial charge in [0.15, 0.2) is 0 Å². The van der Waals surface area contributed by atoms with Crippen LogP contribution in [0, 0.1) is 0 Å². The lowest BCUT2D eigenvalue weighted by Crippen LogP contribution is -2.74. The zero-order valence-corrected chi connectivity index (χ0v) is 18.1. The van der Waals surface area contributed by atoms with Crippen molar-refractivity contribution >= 4 is 11.4 Å². The summed E-state index contributed by atoms with van der Waals surface area (Å²) in [5.74, 6) is -57.2. The van der Waals surface area contributed by atoms with Gasteiger partial charge < -0.3 is 11.5 Å². The Morgan fingerprint density at radius 3 is 1.18 bits per heavy atom. The number of hydrogen-bond acceptors (Lipinski definition) is 2. The number of benzene rings is 2. The molecule has 2 aromatic carbocycles. The molecule has 0 saturated carbocycles. The van der Waals surface area contributed by atoms with E-state index in [1.807, 2.05) is 0 Å². The molecule has 0 amide bonds. The first-order chi connectivity index (χ1) is 17.1. The Bertz CT molecular complexity index is 1200. The van der Waals surface area contributed by atoms with Crippen molar-refractivity contribution in [3.05, 3.63) is 48.0 Å². The molecular weight excluding hydrogens is 591 g/mol. The Labute approximate surface area is 205 Å². The molecule has 2 rings (SSSR count). The summed E-state index contributed by atoms with van der Waals surface area (Å²) in [6.07, 6.45) is -7.81. The van der Waals surface area contributed by atoms with Crippen molar-refractivity contribution in [2.75, 3.05) is 11.5 Å². The predicted molar refractivity (Wildman–Crippen MR) is 100 cm³/mol. The molecule has 2 nitrogen and oxygen atoms in total. The van der Waals surface area contributed by atoms with Crippen LogP contribution in [0.3, 0.4) is 0 Å². The summed E-state index contributed by atoms with van der Waals surface area (Å²) in [6.45, 7) is 0. The Hall–Kier alpha value is -3.15. The Morgan fingerprint density at radius 1 is 0.410 bits per heavy atom. The number of nitrogen functional groups attached to an aromatic ring is 2. The fourth-order valence-corrected chi connectivity index (χ4v) is 3.07. The normalized spacial score (nSPS) is 15.0. The molecule has 0 heterocycles. The average Bonchev–Trinajstić information content (AvgIpc) is 2.78. The van der Waals surface area contributed by atoms with Crippen molar-refractivity contribution in [1.82, 2.24) is 0 Å². The van der Waals surface area contributed by atoms with Gasteiger partial charge in [0.2, 0.25) is 0 Å². The van der Waals surface area contributed by atoms with Crippen LogP contribution in [0.25, 0.3) is 11.1 Å². The number of anilines is 2. The van der Waals surface area contributed by atoms with E-state index in [1.165, 1.54) is 0 Å². The number of halogens is 17. The van der Waals surface area contributed by atoms with Crippen LogP contribution in [-0.2, 0) is 5.92 Å². The van der Waals surface area contributed by atoms with Crippen LogP contribution in [0.2, 0.25) is 0 Å². The topological polar surface area (TPSA) is 52.0 Å². The third-order valence-corrected chi connectivity index (χ3v) is 5.33. The summed E-state index contributed by atoms with van der Waals surface area (Å²) in [6, 6.07) is 4.43. The highest BCUT2D eigenvalue weighted by Crippen LogP contribution is 2.65. The second kappa shape index (κ2) is 8.94. The van der Waals surface area contributed by atoms with Crippen molar-refractivity contribution in [3.63, 3.8) is 0 Å². The molecule has 0 unspecified atom stereocenters. The third-order valence-electron chi connectivity index (χ3n) is 5.33. The van der Waals surface area contributed by atoms with Crippen LogP contribution in [-0.4, -0.2) is 41.7 Å². The van der Waals surface area contributed by atoms with E-state index in [-0.39, 0.29) is 11.8 Å². The molecular formula is C20H11F17N2. The van der Waals surface area contributed by atoms with Gasteiger partial charge in [-0.05, 0) is 35.4 Å². The largest absolute Gasteiger partial charge is 0.460 e. The molecule has 4 N–H and O–H groups in total. The van der Waals surface area contributed by atoms with Gasteiger partial charge in [-0.25, -0.2) is 0 Å². The van der Waals surface area contributed by atoms with Crippen LogP contribution in [0.15, 0.2) is 42.5 Å². The van der Waals surface area contributed by atoms with E-state index in [2.05, 4.69) is 0 Å².